The predicted molar refractivity (Wildman–Crippen MR) is 63.7 cm³/mol. The standard InChI is InChI=1S/C12H13ClN2O/c13-11-1-4-14-12-10(11)2-5-15(12)7-9-3-6-16-8-9/h1-2,4-5,9H,3,6-8H2. The van der Waals surface area contributed by atoms with E-state index >= 15 is 0 Å². The molecule has 4 heteroatoms. The van der Waals surface area contributed by atoms with Gasteiger partial charge in [-0.2, -0.15) is 0 Å². The van der Waals surface area contributed by atoms with Crippen LogP contribution in [0.1, 0.15) is 6.42 Å². The molecule has 1 aliphatic heterocycles. The molecule has 2 aromatic rings. The van der Waals surface area contributed by atoms with E-state index in [0.29, 0.717) is 5.92 Å². The molecule has 3 nitrogen and oxygen atoms in total. The highest BCUT2D eigenvalue weighted by molar-refractivity contribution is 6.35. The zero-order chi connectivity index (χ0) is 11.0. The van der Waals surface area contributed by atoms with Gasteiger partial charge in [0.25, 0.3) is 0 Å². The summed E-state index contributed by atoms with van der Waals surface area (Å²) in [5, 5.41) is 1.80. The molecule has 0 spiro atoms. The molecule has 2 aromatic heterocycles. The second kappa shape index (κ2) is 4.07. The zero-order valence-electron chi connectivity index (χ0n) is 8.90. The molecule has 1 fully saturated rings. The third-order valence-electron chi connectivity index (χ3n) is 3.09. The molecule has 3 heterocycles. The topological polar surface area (TPSA) is 27.1 Å². The molecule has 0 N–H and O–H groups in total. The molecular formula is C12H13ClN2O. The monoisotopic (exact) mass is 236 g/mol. The molecule has 0 radical (unpaired) electrons. The fourth-order valence-corrected chi connectivity index (χ4v) is 2.41. The summed E-state index contributed by atoms with van der Waals surface area (Å²) >= 11 is 6.11. The van der Waals surface area contributed by atoms with Crippen LogP contribution in [-0.2, 0) is 11.3 Å². The Kier molecular flexibility index (Phi) is 2.58. The van der Waals surface area contributed by atoms with Gasteiger partial charge in [0.1, 0.15) is 5.65 Å². The largest absolute Gasteiger partial charge is 0.381 e. The number of nitrogens with zero attached hydrogens (tertiary/aromatic N) is 2. The van der Waals surface area contributed by atoms with Crippen molar-refractivity contribution >= 4 is 22.6 Å². The molecule has 1 aliphatic rings. The SMILES string of the molecule is Clc1ccnc2c1ccn2CC1CCOC1. The summed E-state index contributed by atoms with van der Waals surface area (Å²) in [7, 11) is 0. The van der Waals surface area contributed by atoms with Crippen LogP contribution in [0.3, 0.4) is 0 Å². The number of fused-ring (bicyclic) bond motifs is 1. The van der Waals surface area contributed by atoms with Gasteiger partial charge >= 0.3 is 0 Å². The van der Waals surface area contributed by atoms with Gasteiger partial charge < -0.3 is 9.30 Å². The summed E-state index contributed by atoms with van der Waals surface area (Å²) in [6.45, 7) is 2.72. The van der Waals surface area contributed by atoms with Crippen LogP contribution in [0.4, 0.5) is 0 Å². The Balaban J connectivity index is 1.94. The van der Waals surface area contributed by atoms with Crippen LogP contribution < -0.4 is 0 Å². The Morgan fingerprint density at radius 1 is 1.50 bits per heavy atom. The molecule has 0 amide bonds. The normalized spacial score (nSPS) is 20.7. The lowest BCUT2D eigenvalue weighted by molar-refractivity contribution is 0.182. The van der Waals surface area contributed by atoms with Crippen LogP contribution in [0.15, 0.2) is 24.5 Å². The summed E-state index contributed by atoms with van der Waals surface area (Å²) in [5.41, 5.74) is 0.972. The molecule has 0 bridgehead atoms. The highest BCUT2D eigenvalue weighted by atomic mass is 35.5. The average molecular weight is 237 g/mol. The second-order valence-corrected chi connectivity index (χ2v) is 4.63. The minimum absolute atomic E-state index is 0.608. The number of rotatable bonds is 2. The van der Waals surface area contributed by atoms with Gasteiger partial charge in [-0.05, 0) is 18.6 Å². The van der Waals surface area contributed by atoms with E-state index in [0.717, 1.165) is 42.2 Å². The first-order valence-electron chi connectivity index (χ1n) is 5.51. The molecule has 1 saturated heterocycles. The van der Waals surface area contributed by atoms with Gasteiger partial charge in [0.05, 0.1) is 11.6 Å². The quantitative estimate of drug-likeness (QED) is 0.802. The van der Waals surface area contributed by atoms with Crippen LogP contribution in [0.5, 0.6) is 0 Å². The average Bonchev–Trinajstić information content (AvgIpc) is 2.90. The predicted octanol–water partition coefficient (Wildman–Crippen LogP) is 2.73. The summed E-state index contributed by atoms with van der Waals surface area (Å²) in [4.78, 5) is 4.38. The second-order valence-electron chi connectivity index (χ2n) is 4.23. The molecule has 1 atom stereocenters. The molecule has 16 heavy (non-hydrogen) atoms. The number of ether oxygens (including phenoxy) is 1. The zero-order valence-corrected chi connectivity index (χ0v) is 9.65. The van der Waals surface area contributed by atoms with Crippen molar-refractivity contribution in [3.8, 4) is 0 Å². The number of hydrogen-bond donors (Lipinski definition) is 0. The first-order chi connectivity index (χ1) is 7.84. The van der Waals surface area contributed by atoms with Crippen LogP contribution >= 0.6 is 11.6 Å². The minimum Gasteiger partial charge on any atom is -0.381 e. The highest BCUT2D eigenvalue weighted by Crippen LogP contribution is 2.24. The summed E-state index contributed by atoms with van der Waals surface area (Å²) < 4.78 is 7.55. The first kappa shape index (κ1) is 10.1. The van der Waals surface area contributed by atoms with Crippen molar-refractivity contribution in [1.29, 1.82) is 0 Å². The van der Waals surface area contributed by atoms with E-state index in [2.05, 4.69) is 15.7 Å². The van der Waals surface area contributed by atoms with Crippen LogP contribution in [0.2, 0.25) is 5.02 Å². The number of hydrogen-bond acceptors (Lipinski definition) is 2. The van der Waals surface area contributed by atoms with E-state index in [9.17, 15) is 0 Å². The van der Waals surface area contributed by atoms with Crippen molar-refractivity contribution < 1.29 is 4.74 Å². The molecule has 0 saturated carbocycles. The Hall–Kier alpha value is -1.06. The van der Waals surface area contributed by atoms with Gasteiger partial charge in [-0.1, -0.05) is 11.6 Å². The summed E-state index contributed by atoms with van der Waals surface area (Å²) in [6, 6.07) is 3.85. The molecule has 0 aromatic carbocycles. The third-order valence-corrected chi connectivity index (χ3v) is 3.42. The Morgan fingerprint density at radius 2 is 2.44 bits per heavy atom. The van der Waals surface area contributed by atoms with E-state index in [4.69, 9.17) is 16.3 Å². The Bertz CT molecular complexity index is 503. The Labute approximate surface area is 99.0 Å². The minimum atomic E-state index is 0.608. The van der Waals surface area contributed by atoms with Gasteiger partial charge in [-0.25, -0.2) is 4.98 Å². The molecule has 1 unspecified atom stereocenters. The van der Waals surface area contributed by atoms with E-state index in [1.165, 1.54) is 0 Å². The maximum Gasteiger partial charge on any atom is 0.141 e. The fraction of sp³-hybridized carbons (Fsp3) is 0.417. The number of halogens is 1. The maximum absolute atomic E-state index is 6.11. The van der Waals surface area contributed by atoms with Gasteiger partial charge in [0, 0.05) is 36.8 Å². The smallest absolute Gasteiger partial charge is 0.141 e. The van der Waals surface area contributed by atoms with Crippen molar-refractivity contribution in [1.82, 2.24) is 9.55 Å². The van der Waals surface area contributed by atoms with Gasteiger partial charge in [0.15, 0.2) is 0 Å². The number of pyridine rings is 1. The van der Waals surface area contributed by atoms with Crippen LogP contribution in [0.25, 0.3) is 11.0 Å². The van der Waals surface area contributed by atoms with E-state index in [1.807, 2.05) is 12.1 Å². The number of aromatic nitrogens is 2. The van der Waals surface area contributed by atoms with Crippen molar-refractivity contribution in [3.05, 3.63) is 29.5 Å². The lowest BCUT2D eigenvalue weighted by Gasteiger charge is -2.09. The molecule has 84 valence electrons. The highest BCUT2D eigenvalue weighted by Gasteiger charge is 2.17. The molecular weight excluding hydrogens is 224 g/mol. The van der Waals surface area contributed by atoms with E-state index in [-0.39, 0.29) is 0 Å². The first-order valence-corrected chi connectivity index (χ1v) is 5.89. The Morgan fingerprint density at radius 3 is 3.25 bits per heavy atom. The van der Waals surface area contributed by atoms with Crippen molar-refractivity contribution in [2.75, 3.05) is 13.2 Å². The maximum atomic E-state index is 6.11. The van der Waals surface area contributed by atoms with Crippen molar-refractivity contribution in [2.45, 2.75) is 13.0 Å². The van der Waals surface area contributed by atoms with Gasteiger partial charge in [-0.3, -0.25) is 0 Å². The summed E-state index contributed by atoms with van der Waals surface area (Å²) in [6.07, 6.45) is 4.95. The fourth-order valence-electron chi connectivity index (χ4n) is 2.21. The third kappa shape index (κ3) is 1.70. The van der Waals surface area contributed by atoms with Crippen molar-refractivity contribution in [3.63, 3.8) is 0 Å². The van der Waals surface area contributed by atoms with Crippen LogP contribution in [-0.4, -0.2) is 22.8 Å². The van der Waals surface area contributed by atoms with E-state index in [1.54, 1.807) is 6.20 Å². The van der Waals surface area contributed by atoms with E-state index < -0.39 is 0 Å². The van der Waals surface area contributed by atoms with Gasteiger partial charge in [0.2, 0.25) is 0 Å². The van der Waals surface area contributed by atoms with Crippen molar-refractivity contribution in [2.24, 2.45) is 5.92 Å². The summed E-state index contributed by atoms with van der Waals surface area (Å²) in [5.74, 6) is 0.608. The lowest BCUT2D eigenvalue weighted by Crippen LogP contribution is -2.09. The lowest BCUT2D eigenvalue weighted by atomic mass is 10.1. The van der Waals surface area contributed by atoms with Crippen LogP contribution in [0, 0.1) is 5.92 Å². The van der Waals surface area contributed by atoms with Gasteiger partial charge in [-0.15, -0.1) is 0 Å². The molecule has 3 rings (SSSR count). The molecule has 0 aliphatic carbocycles.